The summed E-state index contributed by atoms with van der Waals surface area (Å²) >= 11 is 0. The van der Waals surface area contributed by atoms with E-state index in [1.807, 2.05) is 48.5 Å². The zero-order chi connectivity index (χ0) is 13.5. The fraction of sp³-hybridized carbons (Fsp3) is 0. The van der Waals surface area contributed by atoms with Gasteiger partial charge in [-0.05, 0) is 23.6 Å². The fourth-order valence-electron chi connectivity index (χ4n) is 2.58. The molecule has 96 valence electrons. The van der Waals surface area contributed by atoms with Crippen LogP contribution >= 0.6 is 0 Å². The Bertz CT molecular complexity index is 889. The number of imidazole rings is 1. The van der Waals surface area contributed by atoms with E-state index in [1.54, 1.807) is 0 Å². The van der Waals surface area contributed by atoms with Crippen molar-refractivity contribution >= 4 is 27.5 Å². The molecule has 0 fully saturated rings. The molecule has 3 aromatic carbocycles. The molecular formula is C17H13N3. The summed E-state index contributed by atoms with van der Waals surface area (Å²) in [6, 6.07) is 20.2. The summed E-state index contributed by atoms with van der Waals surface area (Å²) in [5.41, 5.74) is 10.0. The lowest BCUT2D eigenvalue weighted by Crippen LogP contribution is -1.93. The number of rotatable bonds is 1. The van der Waals surface area contributed by atoms with Gasteiger partial charge in [0.1, 0.15) is 5.82 Å². The Kier molecular flexibility index (Phi) is 2.27. The number of aromatic amines is 1. The monoisotopic (exact) mass is 259 g/mol. The quantitative estimate of drug-likeness (QED) is 0.508. The van der Waals surface area contributed by atoms with Crippen LogP contribution in [-0.2, 0) is 0 Å². The van der Waals surface area contributed by atoms with Crippen molar-refractivity contribution in [1.82, 2.24) is 9.97 Å². The van der Waals surface area contributed by atoms with E-state index in [-0.39, 0.29) is 0 Å². The van der Waals surface area contributed by atoms with Gasteiger partial charge in [-0.3, -0.25) is 0 Å². The molecule has 0 aliphatic heterocycles. The van der Waals surface area contributed by atoms with Crippen molar-refractivity contribution in [2.24, 2.45) is 0 Å². The van der Waals surface area contributed by atoms with Gasteiger partial charge in [-0.25, -0.2) is 4.98 Å². The first-order valence-corrected chi connectivity index (χ1v) is 6.55. The summed E-state index contributed by atoms with van der Waals surface area (Å²) in [6.45, 7) is 0. The second kappa shape index (κ2) is 4.10. The Hall–Kier alpha value is -2.81. The van der Waals surface area contributed by atoms with Crippen molar-refractivity contribution in [1.29, 1.82) is 0 Å². The molecule has 0 amide bonds. The number of H-pyrrole nitrogens is 1. The molecule has 3 N–H and O–H groups in total. The highest BCUT2D eigenvalue weighted by Crippen LogP contribution is 2.31. The third-order valence-electron chi connectivity index (χ3n) is 3.62. The predicted octanol–water partition coefficient (Wildman–Crippen LogP) is 3.97. The number of nitrogens with one attached hydrogen (secondary N) is 1. The van der Waals surface area contributed by atoms with Gasteiger partial charge >= 0.3 is 0 Å². The van der Waals surface area contributed by atoms with Crippen LogP contribution in [-0.4, -0.2) is 9.97 Å². The van der Waals surface area contributed by atoms with Crippen LogP contribution in [0.2, 0.25) is 0 Å². The number of fused-ring (bicyclic) bond motifs is 2. The van der Waals surface area contributed by atoms with Crippen LogP contribution in [0.1, 0.15) is 0 Å². The van der Waals surface area contributed by atoms with E-state index in [1.165, 1.54) is 0 Å². The third kappa shape index (κ3) is 1.57. The van der Waals surface area contributed by atoms with Crippen LogP contribution in [0.4, 0.5) is 5.69 Å². The lowest BCUT2D eigenvalue weighted by Gasteiger charge is -2.06. The number of nitrogens with zero attached hydrogens (tertiary/aromatic N) is 1. The van der Waals surface area contributed by atoms with E-state index in [0.717, 1.165) is 38.9 Å². The lowest BCUT2D eigenvalue weighted by atomic mass is 10.0. The molecule has 0 saturated heterocycles. The molecule has 4 aromatic rings. The van der Waals surface area contributed by atoms with Gasteiger partial charge in [0.05, 0.1) is 16.7 Å². The molecule has 0 bridgehead atoms. The normalized spacial score (nSPS) is 11.2. The van der Waals surface area contributed by atoms with Crippen molar-refractivity contribution in [2.75, 3.05) is 5.73 Å². The van der Waals surface area contributed by atoms with Gasteiger partial charge in [0.2, 0.25) is 0 Å². The SMILES string of the molecule is Nc1c(-c2nc3ccccc3[nH]2)ccc2ccccc12. The van der Waals surface area contributed by atoms with E-state index in [4.69, 9.17) is 5.73 Å². The number of anilines is 1. The predicted molar refractivity (Wildman–Crippen MR) is 83.4 cm³/mol. The molecule has 1 heterocycles. The minimum Gasteiger partial charge on any atom is -0.398 e. The molecular weight excluding hydrogens is 246 g/mol. The highest BCUT2D eigenvalue weighted by Gasteiger charge is 2.10. The highest BCUT2D eigenvalue weighted by atomic mass is 14.9. The molecule has 0 aliphatic carbocycles. The smallest absolute Gasteiger partial charge is 0.140 e. The zero-order valence-corrected chi connectivity index (χ0v) is 10.8. The zero-order valence-electron chi connectivity index (χ0n) is 10.8. The molecule has 3 heteroatoms. The Balaban J connectivity index is 1.99. The highest BCUT2D eigenvalue weighted by molar-refractivity contribution is 6.00. The fourth-order valence-corrected chi connectivity index (χ4v) is 2.58. The summed E-state index contributed by atoms with van der Waals surface area (Å²) in [4.78, 5) is 7.94. The van der Waals surface area contributed by atoms with Gasteiger partial charge in [0, 0.05) is 10.9 Å². The standard InChI is InChI=1S/C17H13N3/c18-16-12-6-2-1-5-11(12)9-10-13(16)17-19-14-7-3-4-8-15(14)20-17/h1-10H,18H2,(H,19,20). The topological polar surface area (TPSA) is 54.7 Å². The van der Waals surface area contributed by atoms with Crippen LogP contribution in [0.3, 0.4) is 0 Å². The molecule has 4 rings (SSSR count). The number of nitrogens with two attached hydrogens (primary N) is 1. The summed E-state index contributed by atoms with van der Waals surface area (Å²) in [5.74, 6) is 0.814. The van der Waals surface area contributed by atoms with Gasteiger partial charge in [0.25, 0.3) is 0 Å². The van der Waals surface area contributed by atoms with Crippen LogP contribution in [0.15, 0.2) is 60.7 Å². The average molecular weight is 259 g/mol. The third-order valence-corrected chi connectivity index (χ3v) is 3.62. The minimum atomic E-state index is 0.766. The maximum Gasteiger partial charge on any atom is 0.140 e. The molecule has 0 unspecified atom stereocenters. The van der Waals surface area contributed by atoms with Gasteiger partial charge in [-0.2, -0.15) is 0 Å². The number of hydrogen-bond acceptors (Lipinski definition) is 2. The van der Waals surface area contributed by atoms with Crippen LogP contribution < -0.4 is 5.73 Å². The molecule has 0 spiro atoms. The van der Waals surface area contributed by atoms with E-state index in [0.29, 0.717) is 0 Å². The second-order valence-corrected chi connectivity index (χ2v) is 4.85. The van der Waals surface area contributed by atoms with E-state index < -0.39 is 0 Å². The number of nitrogen functional groups attached to an aromatic ring is 1. The Morgan fingerprint density at radius 1 is 0.850 bits per heavy atom. The molecule has 0 radical (unpaired) electrons. The Morgan fingerprint density at radius 2 is 1.65 bits per heavy atom. The first kappa shape index (κ1) is 11.1. The lowest BCUT2D eigenvalue weighted by molar-refractivity contribution is 1.34. The van der Waals surface area contributed by atoms with Crippen LogP contribution in [0.5, 0.6) is 0 Å². The van der Waals surface area contributed by atoms with Crippen molar-refractivity contribution in [3.05, 3.63) is 60.7 Å². The molecule has 1 aromatic heterocycles. The van der Waals surface area contributed by atoms with Gasteiger partial charge in [0.15, 0.2) is 0 Å². The van der Waals surface area contributed by atoms with Crippen LogP contribution in [0.25, 0.3) is 33.2 Å². The van der Waals surface area contributed by atoms with Crippen molar-refractivity contribution in [2.45, 2.75) is 0 Å². The first-order valence-electron chi connectivity index (χ1n) is 6.55. The molecule has 0 atom stereocenters. The number of benzene rings is 3. The molecule has 3 nitrogen and oxygen atoms in total. The van der Waals surface area contributed by atoms with Crippen molar-refractivity contribution < 1.29 is 0 Å². The number of hydrogen-bond donors (Lipinski definition) is 2. The maximum absolute atomic E-state index is 6.31. The first-order chi connectivity index (χ1) is 9.83. The van der Waals surface area contributed by atoms with Gasteiger partial charge < -0.3 is 10.7 Å². The molecule has 0 saturated carbocycles. The Morgan fingerprint density at radius 3 is 2.55 bits per heavy atom. The van der Waals surface area contributed by atoms with Crippen molar-refractivity contribution in [3.63, 3.8) is 0 Å². The number of aromatic nitrogens is 2. The second-order valence-electron chi connectivity index (χ2n) is 4.85. The van der Waals surface area contributed by atoms with E-state index in [2.05, 4.69) is 22.1 Å². The Labute approximate surface area is 116 Å². The maximum atomic E-state index is 6.31. The summed E-state index contributed by atoms with van der Waals surface area (Å²) in [7, 11) is 0. The summed E-state index contributed by atoms with van der Waals surface area (Å²) < 4.78 is 0. The minimum absolute atomic E-state index is 0.766. The average Bonchev–Trinajstić information content (AvgIpc) is 2.91. The molecule has 0 aliphatic rings. The largest absolute Gasteiger partial charge is 0.398 e. The van der Waals surface area contributed by atoms with E-state index >= 15 is 0 Å². The van der Waals surface area contributed by atoms with Crippen LogP contribution in [0, 0.1) is 0 Å². The van der Waals surface area contributed by atoms with E-state index in [9.17, 15) is 0 Å². The molecule has 20 heavy (non-hydrogen) atoms. The van der Waals surface area contributed by atoms with Gasteiger partial charge in [-0.15, -0.1) is 0 Å². The van der Waals surface area contributed by atoms with Crippen molar-refractivity contribution in [3.8, 4) is 11.4 Å². The number of para-hydroxylation sites is 2. The van der Waals surface area contributed by atoms with Gasteiger partial charge in [-0.1, -0.05) is 42.5 Å². The summed E-state index contributed by atoms with van der Waals surface area (Å²) in [6.07, 6.45) is 0. The summed E-state index contributed by atoms with van der Waals surface area (Å²) in [5, 5.41) is 2.20.